The van der Waals surface area contributed by atoms with Crippen LogP contribution in [0.5, 0.6) is 0 Å². The topological polar surface area (TPSA) is 35.8 Å². The Balaban J connectivity index is 4.52. The SMILES string of the molecule is CCC(C)=C(C#N)NC(C)(C)C. The number of hydrogen-bond donors (Lipinski definition) is 1. The first-order valence-electron chi connectivity index (χ1n) is 4.28. The normalized spacial score (nSPS) is 13.3. The highest BCUT2D eigenvalue weighted by Gasteiger charge is 2.11. The summed E-state index contributed by atoms with van der Waals surface area (Å²) in [5.74, 6) is 0. The van der Waals surface area contributed by atoms with Gasteiger partial charge in [-0.1, -0.05) is 6.92 Å². The molecule has 68 valence electrons. The third-order valence-electron chi connectivity index (χ3n) is 1.57. The van der Waals surface area contributed by atoms with Crippen molar-refractivity contribution in [1.82, 2.24) is 5.32 Å². The molecule has 0 aliphatic carbocycles. The molecule has 0 spiro atoms. The molecule has 0 radical (unpaired) electrons. The average Bonchev–Trinajstić information content (AvgIpc) is 1.97. The third-order valence-corrected chi connectivity index (χ3v) is 1.57. The van der Waals surface area contributed by atoms with Crippen LogP contribution in [0.3, 0.4) is 0 Å². The van der Waals surface area contributed by atoms with Gasteiger partial charge in [-0.2, -0.15) is 5.26 Å². The van der Waals surface area contributed by atoms with E-state index >= 15 is 0 Å². The molecule has 0 saturated carbocycles. The fourth-order valence-corrected chi connectivity index (χ4v) is 0.782. The molecule has 0 aromatic carbocycles. The van der Waals surface area contributed by atoms with Gasteiger partial charge in [-0.05, 0) is 39.7 Å². The summed E-state index contributed by atoms with van der Waals surface area (Å²) >= 11 is 0. The second-order valence-corrected chi connectivity index (χ2v) is 4.00. The summed E-state index contributed by atoms with van der Waals surface area (Å²) < 4.78 is 0. The van der Waals surface area contributed by atoms with Crippen molar-refractivity contribution in [3.8, 4) is 6.07 Å². The minimum absolute atomic E-state index is 0.0263. The Morgan fingerprint density at radius 1 is 1.42 bits per heavy atom. The van der Waals surface area contributed by atoms with E-state index in [-0.39, 0.29) is 5.54 Å². The van der Waals surface area contributed by atoms with Crippen LogP contribution < -0.4 is 5.32 Å². The lowest BCUT2D eigenvalue weighted by Crippen LogP contribution is -2.35. The van der Waals surface area contributed by atoms with Crippen LogP contribution in [0.15, 0.2) is 11.3 Å². The summed E-state index contributed by atoms with van der Waals surface area (Å²) in [4.78, 5) is 0. The Morgan fingerprint density at radius 2 is 1.92 bits per heavy atom. The van der Waals surface area contributed by atoms with Gasteiger partial charge in [0.15, 0.2) is 0 Å². The lowest BCUT2D eigenvalue weighted by atomic mass is 10.1. The largest absolute Gasteiger partial charge is 0.372 e. The van der Waals surface area contributed by atoms with Gasteiger partial charge >= 0.3 is 0 Å². The number of nitrogens with zero attached hydrogens (tertiary/aromatic N) is 1. The van der Waals surface area contributed by atoms with Crippen molar-refractivity contribution in [2.45, 2.75) is 46.6 Å². The molecule has 0 bridgehead atoms. The van der Waals surface area contributed by atoms with Gasteiger partial charge in [0.25, 0.3) is 0 Å². The van der Waals surface area contributed by atoms with Crippen LogP contribution in [-0.2, 0) is 0 Å². The second kappa shape index (κ2) is 4.15. The quantitative estimate of drug-likeness (QED) is 0.640. The monoisotopic (exact) mass is 166 g/mol. The maximum Gasteiger partial charge on any atom is 0.117 e. The highest BCUT2D eigenvalue weighted by atomic mass is 15.0. The van der Waals surface area contributed by atoms with E-state index in [9.17, 15) is 0 Å². The number of hydrogen-bond acceptors (Lipinski definition) is 2. The van der Waals surface area contributed by atoms with Crippen molar-refractivity contribution in [3.05, 3.63) is 11.3 Å². The molecule has 0 saturated heterocycles. The standard InChI is InChI=1S/C10H18N2/c1-6-8(2)9(7-11)12-10(3,4)5/h12H,6H2,1-5H3. The van der Waals surface area contributed by atoms with Gasteiger partial charge in [-0.25, -0.2) is 0 Å². The molecule has 0 heterocycles. The van der Waals surface area contributed by atoms with E-state index in [1.165, 1.54) is 0 Å². The first-order chi connectivity index (χ1) is 5.40. The van der Waals surface area contributed by atoms with Crippen molar-refractivity contribution in [1.29, 1.82) is 5.26 Å². The molecule has 2 nitrogen and oxygen atoms in total. The molecule has 0 aromatic rings. The van der Waals surface area contributed by atoms with E-state index in [1.807, 2.05) is 27.7 Å². The van der Waals surface area contributed by atoms with E-state index < -0.39 is 0 Å². The molecule has 0 atom stereocenters. The van der Waals surface area contributed by atoms with Gasteiger partial charge in [-0.15, -0.1) is 0 Å². The average molecular weight is 166 g/mol. The summed E-state index contributed by atoms with van der Waals surface area (Å²) in [6, 6.07) is 2.18. The van der Waals surface area contributed by atoms with Gasteiger partial charge < -0.3 is 5.32 Å². The zero-order valence-electron chi connectivity index (χ0n) is 8.65. The molecule has 0 aliphatic rings. The predicted octanol–water partition coefficient (Wildman–Crippen LogP) is 2.58. The van der Waals surface area contributed by atoms with Crippen LogP contribution in [0.25, 0.3) is 0 Å². The Morgan fingerprint density at radius 3 is 2.17 bits per heavy atom. The molecular weight excluding hydrogens is 148 g/mol. The first kappa shape index (κ1) is 11.0. The lowest BCUT2D eigenvalue weighted by molar-refractivity contribution is 0.477. The molecule has 0 aliphatic heterocycles. The molecule has 0 amide bonds. The summed E-state index contributed by atoms with van der Waals surface area (Å²) in [6.45, 7) is 10.2. The molecule has 2 heteroatoms. The Bertz CT molecular complexity index is 213. The second-order valence-electron chi connectivity index (χ2n) is 4.00. The molecule has 12 heavy (non-hydrogen) atoms. The van der Waals surface area contributed by atoms with Crippen LogP contribution >= 0.6 is 0 Å². The summed E-state index contributed by atoms with van der Waals surface area (Å²) in [5.41, 5.74) is 1.80. The van der Waals surface area contributed by atoms with Gasteiger partial charge in [-0.3, -0.25) is 0 Å². The van der Waals surface area contributed by atoms with Gasteiger partial charge in [0.1, 0.15) is 11.8 Å². The van der Waals surface area contributed by atoms with Crippen LogP contribution in [0.1, 0.15) is 41.0 Å². The maximum atomic E-state index is 8.82. The maximum absolute atomic E-state index is 8.82. The Kier molecular flexibility index (Phi) is 3.82. The van der Waals surface area contributed by atoms with Crippen LogP contribution in [0.2, 0.25) is 0 Å². The van der Waals surface area contributed by atoms with Crippen LogP contribution in [0, 0.1) is 11.3 Å². The molecule has 0 aromatic heterocycles. The molecular formula is C10H18N2. The van der Waals surface area contributed by atoms with Gasteiger partial charge in [0, 0.05) is 5.54 Å². The minimum atomic E-state index is -0.0263. The van der Waals surface area contributed by atoms with E-state index in [2.05, 4.69) is 18.3 Å². The highest BCUT2D eigenvalue weighted by molar-refractivity contribution is 5.25. The zero-order valence-corrected chi connectivity index (χ0v) is 8.65. The van der Waals surface area contributed by atoms with E-state index in [0.29, 0.717) is 5.70 Å². The van der Waals surface area contributed by atoms with Crippen molar-refractivity contribution in [3.63, 3.8) is 0 Å². The Hall–Kier alpha value is -0.970. The summed E-state index contributed by atoms with van der Waals surface area (Å²) in [5, 5.41) is 12.0. The summed E-state index contributed by atoms with van der Waals surface area (Å²) in [6.07, 6.45) is 0.923. The summed E-state index contributed by atoms with van der Waals surface area (Å²) in [7, 11) is 0. The molecule has 0 fully saturated rings. The van der Waals surface area contributed by atoms with E-state index in [0.717, 1.165) is 12.0 Å². The number of allylic oxidation sites excluding steroid dienone is 2. The van der Waals surface area contributed by atoms with Crippen molar-refractivity contribution < 1.29 is 0 Å². The first-order valence-corrected chi connectivity index (χ1v) is 4.28. The minimum Gasteiger partial charge on any atom is -0.372 e. The van der Waals surface area contributed by atoms with Crippen molar-refractivity contribution >= 4 is 0 Å². The fourth-order valence-electron chi connectivity index (χ4n) is 0.782. The fraction of sp³-hybridized carbons (Fsp3) is 0.700. The van der Waals surface area contributed by atoms with Crippen LogP contribution in [0.4, 0.5) is 0 Å². The van der Waals surface area contributed by atoms with Crippen molar-refractivity contribution in [2.75, 3.05) is 0 Å². The molecule has 0 rings (SSSR count). The number of nitriles is 1. The smallest absolute Gasteiger partial charge is 0.117 e. The van der Waals surface area contributed by atoms with Gasteiger partial charge in [0.05, 0.1) is 0 Å². The number of rotatable bonds is 2. The highest BCUT2D eigenvalue weighted by Crippen LogP contribution is 2.09. The van der Waals surface area contributed by atoms with Crippen LogP contribution in [-0.4, -0.2) is 5.54 Å². The van der Waals surface area contributed by atoms with E-state index in [1.54, 1.807) is 0 Å². The molecule has 1 N–H and O–H groups in total. The lowest BCUT2D eigenvalue weighted by Gasteiger charge is -2.22. The Labute approximate surface area is 75.3 Å². The van der Waals surface area contributed by atoms with Crippen molar-refractivity contribution in [2.24, 2.45) is 0 Å². The van der Waals surface area contributed by atoms with Gasteiger partial charge in [0.2, 0.25) is 0 Å². The number of nitrogens with one attached hydrogen (secondary N) is 1. The third kappa shape index (κ3) is 4.02. The zero-order chi connectivity index (χ0) is 9.78. The molecule has 0 unspecified atom stereocenters. The predicted molar refractivity (Wildman–Crippen MR) is 51.5 cm³/mol. The van der Waals surface area contributed by atoms with E-state index in [4.69, 9.17) is 5.26 Å².